The first-order valence-electron chi connectivity index (χ1n) is 13.9. The third-order valence-corrected chi connectivity index (χ3v) is 5.97. The molecule has 0 aliphatic carbocycles. The second-order valence-corrected chi connectivity index (χ2v) is 9.15. The summed E-state index contributed by atoms with van der Waals surface area (Å²) < 4.78 is 0. The molecule has 0 saturated carbocycles. The molecule has 0 amide bonds. The van der Waals surface area contributed by atoms with Crippen LogP contribution in [0.3, 0.4) is 0 Å². The fraction of sp³-hybridized carbons (Fsp3) is 1.00. The molecule has 0 bridgehead atoms. The van der Waals surface area contributed by atoms with Gasteiger partial charge in [-0.3, -0.25) is 0 Å². The number of hydrogen-bond donors (Lipinski definition) is 1. The lowest BCUT2D eigenvalue weighted by Crippen LogP contribution is -1.84. The summed E-state index contributed by atoms with van der Waals surface area (Å²) in [5.74, 6) is 0. The van der Waals surface area contributed by atoms with E-state index in [0.717, 1.165) is 6.42 Å². The van der Waals surface area contributed by atoms with Crippen molar-refractivity contribution in [1.29, 1.82) is 0 Å². The Bertz CT molecular complexity index is 214. The van der Waals surface area contributed by atoms with Crippen molar-refractivity contribution in [2.75, 3.05) is 6.61 Å². The molecule has 0 heterocycles. The zero-order chi connectivity index (χ0) is 21.7. The first-order valence-corrected chi connectivity index (χ1v) is 13.9. The molecule has 0 fully saturated rings. The fourth-order valence-corrected chi connectivity index (χ4v) is 3.87. The van der Waals surface area contributed by atoms with Gasteiger partial charge in [0, 0.05) is 6.61 Å². The van der Waals surface area contributed by atoms with Crippen molar-refractivity contribution >= 4 is 0 Å². The van der Waals surface area contributed by atoms with Crippen molar-refractivity contribution in [2.45, 2.75) is 175 Å². The van der Waals surface area contributed by atoms with Gasteiger partial charge in [-0.25, -0.2) is 0 Å². The lowest BCUT2D eigenvalue weighted by molar-refractivity contribution is 0.282. The molecule has 0 aromatic carbocycles. The van der Waals surface area contributed by atoms with Crippen molar-refractivity contribution in [3.63, 3.8) is 0 Å². The van der Waals surface area contributed by atoms with Crippen molar-refractivity contribution in [3.05, 3.63) is 0 Å². The number of aliphatic hydroxyl groups is 1. The molecule has 0 spiro atoms. The molecule has 29 heavy (non-hydrogen) atoms. The maximum Gasteiger partial charge on any atom is 0.0431 e. The van der Waals surface area contributed by atoms with Crippen LogP contribution in [0.1, 0.15) is 175 Å². The van der Waals surface area contributed by atoms with E-state index in [0.29, 0.717) is 6.61 Å². The highest BCUT2D eigenvalue weighted by atomic mass is 16.2. The third kappa shape index (κ3) is 35.7. The van der Waals surface area contributed by atoms with Crippen LogP contribution in [-0.2, 0) is 0 Å². The molecule has 0 aliphatic rings. The minimum Gasteiger partial charge on any atom is -0.396 e. The summed E-state index contributed by atoms with van der Waals surface area (Å²) in [6.07, 6.45) is 33.7. The standard InChI is InChI=1S/C16H34.C12H26O/c1-3-5-7-9-11-13-15-16-14-12-10-8-6-4-2;1-2-3-4-5-6-7-8-9-10-11-12-13/h3-16H2,1-2H3;13H,2-12H2,1H3. The average Bonchev–Trinajstić information content (AvgIpc) is 2.74. The molecule has 0 atom stereocenters. The maximum atomic E-state index is 8.57. The second kappa shape index (κ2) is 32.6. The van der Waals surface area contributed by atoms with Gasteiger partial charge >= 0.3 is 0 Å². The number of aliphatic hydroxyl groups excluding tert-OH is 1. The highest BCUT2D eigenvalue weighted by Crippen LogP contribution is 2.13. The van der Waals surface area contributed by atoms with Gasteiger partial charge < -0.3 is 5.11 Å². The molecule has 178 valence electrons. The van der Waals surface area contributed by atoms with Gasteiger partial charge in [-0.1, -0.05) is 168 Å². The zero-order valence-corrected chi connectivity index (χ0v) is 21.1. The Labute approximate surface area is 186 Å². The summed E-state index contributed by atoms with van der Waals surface area (Å²) in [5, 5.41) is 8.57. The van der Waals surface area contributed by atoms with Gasteiger partial charge in [-0.05, 0) is 6.42 Å². The van der Waals surface area contributed by atoms with E-state index in [4.69, 9.17) is 5.11 Å². The Hall–Kier alpha value is -0.0400. The molecule has 1 nitrogen and oxygen atoms in total. The van der Waals surface area contributed by atoms with E-state index in [-0.39, 0.29) is 0 Å². The highest BCUT2D eigenvalue weighted by Gasteiger charge is 1.93. The van der Waals surface area contributed by atoms with Crippen LogP contribution in [-0.4, -0.2) is 11.7 Å². The Morgan fingerprint density at radius 2 is 0.448 bits per heavy atom. The molecular formula is C28H60O. The number of unbranched alkanes of at least 4 members (excludes halogenated alkanes) is 22. The summed E-state index contributed by atoms with van der Waals surface area (Å²) in [5.41, 5.74) is 0. The minimum atomic E-state index is 0.372. The van der Waals surface area contributed by atoms with E-state index in [1.54, 1.807) is 0 Å². The molecule has 0 radical (unpaired) electrons. The van der Waals surface area contributed by atoms with E-state index in [2.05, 4.69) is 20.8 Å². The maximum absolute atomic E-state index is 8.57. The summed E-state index contributed by atoms with van der Waals surface area (Å²) in [6.45, 7) is 7.21. The second-order valence-electron chi connectivity index (χ2n) is 9.15. The topological polar surface area (TPSA) is 20.2 Å². The predicted molar refractivity (Wildman–Crippen MR) is 135 cm³/mol. The number of hydrogen-bond acceptors (Lipinski definition) is 1. The summed E-state index contributed by atoms with van der Waals surface area (Å²) in [4.78, 5) is 0. The van der Waals surface area contributed by atoms with E-state index in [1.165, 1.54) is 148 Å². The van der Waals surface area contributed by atoms with Crippen LogP contribution in [0.5, 0.6) is 0 Å². The van der Waals surface area contributed by atoms with Crippen molar-refractivity contribution in [2.24, 2.45) is 0 Å². The van der Waals surface area contributed by atoms with Crippen LogP contribution in [0.4, 0.5) is 0 Å². The van der Waals surface area contributed by atoms with Gasteiger partial charge in [0.05, 0.1) is 0 Å². The number of rotatable bonds is 23. The van der Waals surface area contributed by atoms with Crippen LogP contribution in [0.2, 0.25) is 0 Å². The summed E-state index contributed by atoms with van der Waals surface area (Å²) in [6, 6.07) is 0. The van der Waals surface area contributed by atoms with Crippen LogP contribution < -0.4 is 0 Å². The normalized spacial score (nSPS) is 10.8. The minimum absolute atomic E-state index is 0.372. The predicted octanol–water partition coefficient (Wildman–Crippen LogP) is 10.4. The Morgan fingerprint density at radius 3 is 0.621 bits per heavy atom. The summed E-state index contributed by atoms with van der Waals surface area (Å²) in [7, 11) is 0. The monoisotopic (exact) mass is 412 g/mol. The fourth-order valence-electron chi connectivity index (χ4n) is 3.87. The lowest BCUT2D eigenvalue weighted by atomic mass is 10.0. The molecule has 0 aromatic heterocycles. The van der Waals surface area contributed by atoms with E-state index >= 15 is 0 Å². The van der Waals surface area contributed by atoms with Crippen LogP contribution >= 0.6 is 0 Å². The lowest BCUT2D eigenvalue weighted by Gasteiger charge is -2.02. The van der Waals surface area contributed by atoms with Gasteiger partial charge in [0.1, 0.15) is 0 Å². The van der Waals surface area contributed by atoms with Crippen molar-refractivity contribution < 1.29 is 5.11 Å². The van der Waals surface area contributed by atoms with Crippen molar-refractivity contribution in [1.82, 2.24) is 0 Å². The molecule has 0 saturated heterocycles. The molecule has 0 aliphatic heterocycles. The highest BCUT2D eigenvalue weighted by molar-refractivity contribution is 4.49. The van der Waals surface area contributed by atoms with E-state index in [1.807, 2.05) is 0 Å². The Morgan fingerprint density at radius 1 is 0.276 bits per heavy atom. The van der Waals surface area contributed by atoms with Gasteiger partial charge in [0.15, 0.2) is 0 Å². The zero-order valence-electron chi connectivity index (χ0n) is 21.1. The smallest absolute Gasteiger partial charge is 0.0431 e. The van der Waals surface area contributed by atoms with Crippen LogP contribution in [0.15, 0.2) is 0 Å². The first-order chi connectivity index (χ1) is 14.3. The Balaban J connectivity index is 0. The Kier molecular flexibility index (Phi) is 35.0. The van der Waals surface area contributed by atoms with Gasteiger partial charge in [0.25, 0.3) is 0 Å². The first kappa shape index (κ1) is 31.1. The molecule has 0 aromatic rings. The largest absolute Gasteiger partial charge is 0.396 e. The summed E-state index contributed by atoms with van der Waals surface area (Å²) >= 11 is 0. The van der Waals surface area contributed by atoms with Gasteiger partial charge in [-0.15, -0.1) is 0 Å². The molecular weight excluding hydrogens is 352 g/mol. The van der Waals surface area contributed by atoms with Gasteiger partial charge in [0.2, 0.25) is 0 Å². The van der Waals surface area contributed by atoms with E-state index in [9.17, 15) is 0 Å². The van der Waals surface area contributed by atoms with E-state index < -0.39 is 0 Å². The SMILES string of the molecule is CCCCCCCCCCCCCCCC.CCCCCCCCCCCCO. The van der Waals surface area contributed by atoms with Crippen molar-refractivity contribution in [3.8, 4) is 0 Å². The van der Waals surface area contributed by atoms with Crippen LogP contribution in [0, 0.1) is 0 Å². The third-order valence-electron chi connectivity index (χ3n) is 5.97. The molecule has 1 N–H and O–H groups in total. The van der Waals surface area contributed by atoms with Gasteiger partial charge in [-0.2, -0.15) is 0 Å². The average molecular weight is 413 g/mol. The van der Waals surface area contributed by atoms with Crippen LogP contribution in [0.25, 0.3) is 0 Å². The quantitative estimate of drug-likeness (QED) is 0.165. The molecule has 0 unspecified atom stereocenters. The molecule has 1 heteroatoms. The molecule has 0 rings (SSSR count).